The smallest absolute Gasteiger partial charge is 0.244 e. The molecule has 0 bridgehead atoms. The molecule has 2 aromatic heterocycles. The molecule has 0 aliphatic carbocycles. The second-order valence-corrected chi connectivity index (χ2v) is 4.55. The van der Waals surface area contributed by atoms with E-state index in [-0.39, 0.29) is 5.91 Å². The standard InChI is InChI=1S/C13H13NO2S/c1-10-6-8-17-12(10)4-5-13(15)14-9-11-3-2-7-16-11/h2-8H,9H2,1H3,(H,14,15)/b5-4+. The topological polar surface area (TPSA) is 42.2 Å². The van der Waals surface area contributed by atoms with E-state index < -0.39 is 0 Å². The van der Waals surface area contributed by atoms with E-state index in [1.807, 2.05) is 30.5 Å². The van der Waals surface area contributed by atoms with Crippen molar-refractivity contribution in [1.82, 2.24) is 5.32 Å². The number of rotatable bonds is 4. The summed E-state index contributed by atoms with van der Waals surface area (Å²) in [5.41, 5.74) is 1.19. The van der Waals surface area contributed by atoms with Crippen molar-refractivity contribution in [3.05, 3.63) is 52.1 Å². The van der Waals surface area contributed by atoms with Crippen LogP contribution in [0.25, 0.3) is 6.08 Å². The van der Waals surface area contributed by atoms with Gasteiger partial charge in [0.1, 0.15) is 5.76 Å². The fourth-order valence-corrected chi connectivity index (χ4v) is 2.17. The van der Waals surface area contributed by atoms with Gasteiger partial charge in [-0.15, -0.1) is 11.3 Å². The van der Waals surface area contributed by atoms with Crippen LogP contribution in [0.4, 0.5) is 0 Å². The zero-order chi connectivity index (χ0) is 12.1. The van der Waals surface area contributed by atoms with E-state index in [1.165, 1.54) is 5.56 Å². The van der Waals surface area contributed by atoms with Crippen LogP contribution in [0, 0.1) is 6.92 Å². The predicted molar refractivity (Wildman–Crippen MR) is 68.6 cm³/mol. The zero-order valence-electron chi connectivity index (χ0n) is 9.47. The number of amides is 1. The summed E-state index contributed by atoms with van der Waals surface area (Å²) < 4.78 is 5.12. The monoisotopic (exact) mass is 247 g/mol. The Kier molecular flexibility index (Phi) is 3.77. The summed E-state index contributed by atoms with van der Waals surface area (Å²) in [5.74, 6) is 0.633. The van der Waals surface area contributed by atoms with Crippen molar-refractivity contribution in [1.29, 1.82) is 0 Å². The van der Waals surface area contributed by atoms with E-state index in [9.17, 15) is 4.79 Å². The van der Waals surface area contributed by atoms with Crippen LogP contribution in [-0.4, -0.2) is 5.91 Å². The van der Waals surface area contributed by atoms with Gasteiger partial charge in [-0.25, -0.2) is 0 Å². The molecule has 0 atom stereocenters. The van der Waals surface area contributed by atoms with Gasteiger partial charge in [0, 0.05) is 11.0 Å². The number of hydrogen-bond acceptors (Lipinski definition) is 3. The third-order valence-corrected chi connectivity index (χ3v) is 3.29. The van der Waals surface area contributed by atoms with Crippen LogP contribution in [0.5, 0.6) is 0 Å². The van der Waals surface area contributed by atoms with Crippen molar-refractivity contribution in [3.63, 3.8) is 0 Å². The van der Waals surface area contributed by atoms with Gasteiger partial charge in [0.05, 0.1) is 12.8 Å². The van der Waals surface area contributed by atoms with Crippen molar-refractivity contribution in [2.45, 2.75) is 13.5 Å². The summed E-state index contributed by atoms with van der Waals surface area (Å²) in [4.78, 5) is 12.6. The van der Waals surface area contributed by atoms with Gasteiger partial charge in [0.25, 0.3) is 0 Å². The van der Waals surface area contributed by atoms with Gasteiger partial charge < -0.3 is 9.73 Å². The molecular weight excluding hydrogens is 234 g/mol. The highest BCUT2D eigenvalue weighted by molar-refractivity contribution is 7.11. The molecule has 0 saturated heterocycles. The Morgan fingerprint density at radius 3 is 3.06 bits per heavy atom. The van der Waals surface area contributed by atoms with Gasteiger partial charge in [-0.05, 0) is 42.1 Å². The van der Waals surface area contributed by atoms with E-state index in [0.29, 0.717) is 6.54 Å². The lowest BCUT2D eigenvalue weighted by Crippen LogP contribution is -2.19. The molecule has 2 aromatic rings. The first-order valence-electron chi connectivity index (χ1n) is 5.28. The minimum absolute atomic E-state index is 0.116. The third kappa shape index (κ3) is 3.32. The highest BCUT2D eigenvalue weighted by Crippen LogP contribution is 2.16. The molecule has 0 fully saturated rings. The Bertz CT molecular complexity index is 511. The van der Waals surface area contributed by atoms with Crippen LogP contribution < -0.4 is 5.32 Å². The van der Waals surface area contributed by atoms with Gasteiger partial charge in [0.2, 0.25) is 5.91 Å². The van der Waals surface area contributed by atoms with Crippen molar-refractivity contribution in [2.75, 3.05) is 0 Å². The Morgan fingerprint density at radius 2 is 2.41 bits per heavy atom. The number of aryl methyl sites for hydroxylation is 1. The molecule has 17 heavy (non-hydrogen) atoms. The average Bonchev–Trinajstić information content (AvgIpc) is 2.95. The molecule has 2 rings (SSSR count). The van der Waals surface area contributed by atoms with Gasteiger partial charge in [-0.1, -0.05) is 0 Å². The molecule has 0 aromatic carbocycles. The van der Waals surface area contributed by atoms with Crippen molar-refractivity contribution < 1.29 is 9.21 Å². The predicted octanol–water partition coefficient (Wildman–Crippen LogP) is 2.98. The molecule has 0 saturated carbocycles. The zero-order valence-corrected chi connectivity index (χ0v) is 10.3. The molecule has 1 amide bonds. The summed E-state index contributed by atoms with van der Waals surface area (Å²) in [6, 6.07) is 5.66. The summed E-state index contributed by atoms with van der Waals surface area (Å²) in [6.45, 7) is 2.44. The van der Waals surface area contributed by atoms with Crippen molar-refractivity contribution in [2.24, 2.45) is 0 Å². The molecule has 1 N–H and O–H groups in total. The summed E-state index contributed by atoms with van der Waals surface area (Å²) in [7, 11) is 0. The highest BCUT2D eigenvalue weighted by atomic mass is 32.1. The summed E-state index contributed by atoms with van der Waals surface area (Å²) in [5, 5.41) is 4.76. The van der Waals surface area contributed by atoms with Crippen molar-refractivity contribution >= 4 is 23.3 Å². The Morgan fingerprint density at radius 1 is 1.53 bits per heavy atom. The maximum absolute atomic E-state index is 11.5. The second kappa shape index (κ2) is 5.50. The third-order valence-electron chi connectivity index (χ3n) is 2.30. The van der Waals surface area contributed by atoms with E-state index in [2.05, 4.69) is 5.32 Å². The van der Waals surface area contributed by atoms with E-state index in [0.717, 1.165) is 10.6 Å². The number of carbonyl (C=O) groups excluding carboxylic acids is 1. The average molecular weight is 247 g/mol. The van der Waals surface area contributed by atoms with E-state index in [4.69, 9.17) is 4.42 Å². The molecule has 0 spiro atoms. The highest BCUT2D eigenvalue weighted by Gasteiger charge is 1.99. The first-order chi connectivity index (χ1) is 8.25. The van der Waals surface area contributed by atoms with E-state index >= 15 is 0 Å². The van der Waals surface area contributed by atoms with Crippen LogP contribution >= 0.6 is 11.3 Å². The number of nitrogens with one attached hydrogen (secondary N) is 1. The Balaban J connectivity index is 1.85. The quantitative estimate of drug-likeness (QED) is 0.844. The number of thiophene rings is 1. The lowest BCUT2D eigenvalue weighted by atomic mass is 10.3. The molecule has 0 aliphatic rings. The van der Waals surface area contributed by atoms with Gasteiger partial charge >= 0.3 is 0 Å². The lowest BCUT2D eigenvalue weighted by Gasteiger charge is -1.98. The van der Waals surface area contributed by atoms with Crippen LogP contribution in [0.15, 0.2) is 40.3 Å². The number of hydrogen-bond donors (Lipinski definition) is 1. The second-order valence-electron chi connectivity index (χ2n) is 3.60. The molecule has 88 valence electrons. The molecule has 3 nitrogen and oxygen atoms in total. The normalized spacial score (nSPS) is 10.9. The van der Waals surface area contributed by atoms with Gasteiger partial charge in [0.15, 0.2) is 0 Å². The molecule has 4 heteroatoms. The molecular formula is C13H13NO2S. The van der Waals surface area contributed by atoms with Crippen LogP contribution in [0.2, 0.25) is 0 Å². The largest absolute Gasteiger partial charge is 0.467 e. The lowest BCUT2D eigenvalue weighted by molar-refractivity contribution is -0.116. The summed E-state index contributed by atoms with van der Waals surface area (Å²) in [6.07, 6.45) is 4.96. The minimum atomic E-state index is -0.116. The van der Waals surface area contributed by atoms with Crippen LogP contribution in [0.1, 0.15) is 16.2 Å². The van der Waals surface area contributed by atoms with Gasteiger partial charge in [-0.3, -0.25) is 4.79 Å². The first-order valence-corrected chi connectivity index (χ1v) is 6.16. The fraction of sp³-hybridized carbons (Fsp3) is 0.154. The molecule has 0 radical (unpaired) electrons. The first kappa shape index (κ1) is 11.7. The van der Waals surface area contributed by atoms with E-state index in [1.54, 1.807) is 29.7 Å². The minimum Gasteiger partial charge on any atom is -0.467 e. The number of carbonyl (C=O) groups is 1. The Labute approximate surface area is 104 Å². The Hall–Kier alpha value is -1.81. The van der Waals surface area contributed by atoms with Crippen molar-refractivity contribution in [3.8, 4) is 0 Å². The van der Waals surface area contributed by atoms with Crippen LogP contribution in [-0.2, 0) is 11.3 Å². The molecule has 0 aliphatic heterocycles. The molecule has 0 unspecified atom stereocenters. The number of furan rings is 1. The fourth-order valence-electron chi connectivity index (χ4n) is 1.35. The summed E-state index contributed by atoms with van der Waals surface area (Å²) >= 11 is 1.62. The SMILES string of the molecule is Cc1ccsc1/C=C/C(=O)NCc1ccco1. The van der Waals surface area contributed by atoms with Crippen LogP contribution in [0.3, 0.4) is 0 Å². The maximum Gasteiger partial charge on any atom is 0.244 e. The molecule has 2 heterocycles. The van der Waals surface area contributed by atoms with Gasteiger partial charge in [-0.2, -0.15) is 0 Å². The maximum atomic E-state index is 11.5.